The van der Waals surface area contributed by atoms with E-state index < -0.39 is 0 Å². The maximum Gasteiger partial charge on any atom is 0.222 e. The molecule has 0 spiro atoms. The number of nitrogens with zero attached hydrogens (tertiary/aromatic N) is 2. The van der Waals surface area contributed by atoms with E-state index in [1.165, 1.54) is 0 Å². The summed E-state index contributed by atoms with van der Waals surface area (Å²) in [5.74, 6) is 0.655. The first-order valence-electron chi connectivity index (χ1n) is 7.31. The van der Waals surface area contributed by atoms with Gasteiger partial charge in [-0.15, -0.1) is 0 Å². The van der Waals surface area contributed by atoms with Crippen LogP contribution in [0.5, 0.6) is 0 Å². The maximum atomic E-state index is 5.56. The Kier molecular flexibility index (Phi) is 4.59. The fraction of sp³-hybridized carbons (Fsp3) is 0.294. The molecule has 2 heterocycles. The van der Waals surface area contributed by atoms with Crippen LogP contribution in [0.3, 0.4) is 0 Å². The molecule has 1 atom stereocenters. The van der Waals surface area contributed by atoms with Gasteiger partial charge in [-0.3, -0.25) is 0 Å². The molecule has 1 N–H and O–H groups in total. The van der Waals surface area contributed by atoms with Crippen molar-refractivity contribution in [3.05, 3.63) is 53.9 Å². The lowest BCUT2D eigenvalue weighted by Gasteiger charge is -2.10. The van der Waals surface area contributed by atoms with Crippen LogP contribution in [0.15, 0.2) is 42.7 Å². The average Bonchev–Trinajstić information content (AvgIpc) is 3.06. The lowest BCUT2D eigenvalue weighted by molar-refractivity contribution is 0.120. The van der Waals surface area contributed by atoms with E-state index in [0.29, 0.717) is 12.1 Å². The summed E-state index contributed by atoms with van der Waals surface area (Å²) in [6.07, 6.45) is 10.3. The summed E-state index contributed by atoms with van der Waals surface area (Å²) in [6.45, 7) is 1.65. The molecule has 0 saturated carbocycles. The molecule has 0 amide bonds. The second-order valence-electron chi connectivity index (χ2n) is 5.10. The Morgan fingerprint density at radius 1 is 1.10 bits per heavy atom. The van der Waals surface area contributed by atoms with Crippen molar-refractivity contribution < 1.29 is 4.74 Å². The van der Waals surface area contributed by atoms with E-state index in [4.69, 9.17) is 4.74 Å². The Hall–Kier alpha value is -2.20. The highest BCUT2D eigenvalue weighted by Gasteiger charge is 2.14. The first-order valence-corrected chi connectivity index (χ1v) is 7.31. The molecular formula is C17H19N3O. The van der Waals surface area contributed by atoms with Gasteiger partial charge in [-0.25, -0.2) is 9.97 Å². The second kappa shape index (κ2) is 6.99. The molecule has 108 valence electrons. The molecule has 4 heteroatoms. The normalized spacial score (nSPS) is 18.2. The molecule has 21 heavy (non-hydrogen) atoms. The standard InChI is InChI=1S/C17H19N3O/c1-2-5-14(6-3-1)8-9-15-11-18-17(19-12-15)20-13-16-7-4-10-21-16/h1-3,5-6,8-9,11-12,16H,4,7,10,13H2,(H,18,19,20). The van der Waals surface area contributed by atoms with E-state index in [2.05, 4.69) is 33.5 Å². The van der Waals surface area contributed by atoms with Gasteiger partial charge in [0.1, 0.15) is 0 Å². The SMILES string of the molecule is C(=Cc1cnc(NCC2CCCO2)nc1)c1ccccc1. The van der Waals surface area contributed by atoms with Gasteiger partial charge < -0.3 is 10.1 Å². The van der Waals surface area contributed by atoms with Gasteiger partial charge in [-0.2, -0.15) is 0 Å². The van der Waals surface area contributed by atoms with Crippen molar-refractivity contribution >= 4 is 18.1 Å². The zero-order valence-electron chi connectivity index (χ0n) is 11.9. The molecule has 1 aromatic heterocycles. The van der Waals surface area contributed by atoms with Crippen LogP contribution in [-0.2, 0) is 4.74 Å². The fourth-order valence-corrected chi connectivity index (χ4v) is 2.28. The monoisotopic (exact) mass is 281 g/mol. The highest BCUT2D eigenvalue weighted by atomic mass is 16.5. The average molecular weight is 281 g/mol. The van der Waals surface area contributed by atoms with Gasteiger partial charge in [0.2, 0.25) is 5.95 Å². The fourth-order valence-electron chi connectivity index (χ4n) is 2.28. The Balaban J connectivity index is 1.55. The molecule has 1 aliphatic heterocycles. The molecule has 2 aromatic rings. The molecule has 1 fully saturated rings. The molecule has 0 bridgehead atoms. The minimum absolute atomic E-state index is 0.297. The van der Waals surface area contributed by atoms with E-state index in [0.717, 1.165) is 37.1 Å². The number of anilines is 1. The lowest BCUT2D eigenvalue weighted by atomic mass is 10.2. The zero-order valence-corrected chi connectivity index (χ0v) is 11.9. The molecule has 1 unspecified atom stereocenters. The summed E-state index contributed by atoms with van der Waals surface area (Å²) in [6, 6.07) is 10.2. The Bertz CT molecular complexity index is 575. The third kappa shape index (κ3) is 4.13. The quantitative estimate of drug-likeness (QED) is 0.914. The van der Waals surface area contributed by atoms with Crippen molar-refractivity contribution in [3.8, 4) is 0 Å². The molecule has 0 radical (unpaired) electrons. The highest BCUT2D eigenvalue weighted by molar-refractivity contribution is 5.68. The Morgan fingerprint density at radius 2 is 1.86 bits per heavy atom. The first-order chi connectivity index (χ1) is 10.4. The molecule has 0 aliphatic carbocycles. The lowest BCUT2D eigenvalue weighted by Crippen LogP contribution is -2.19. The Labute approximate surface area is 124 Å². The van der Waals surface area contributed by atoms with Crippen LogP contribution in [0.25, 0.3) is 12.2 Å². The van der Waals surface area contributed by atoms with E-state index in [1.807, 2.05) is 36.7 Å². The third-order valence-corrected chi connectivity index (χ3v) is 3.45. The summed E-state index contributed by atoms with van der Waals surface area (Å²) in [7, 11) is 0. The van der Waals surface area contributed by atoms with Crippen molar-refractivity contribution in [2.24, 2.45) is 0 Å². The van der Waals surface area contributed by atoms with Crippen LogP contribution in [0.4, 0.5) is 5.95 Å². The summed E-state index contributed by atoms with van der Waals surface area (Å²) in [5.41, 5.74) is 2.15. The molecule has 3 rings (SSSR count). The predicted molar refractivity (Wildman–Crippen MR) is 84.9 cm³/mol. The molecule has 1 saturated heterocycles. The highest BCUT2D eigenvalue weighted by Crippen LogP contribution is 2.12. The number of rotatable bonds is 5. The topological polar surface area (TPSA) is 47.0 Å². The van der Waals surface area contributed by atoms with Gasteiger partial charge in [0.25, 0.3) is 0 Å². The van der Waals surface area contributed by atoms with Crippen molar-refractivity contribution in [1.29, 1.82) is 0 Å². The third-order valence-electron chi connectivity index (χ3n) is 3.45. The van der Waals surface area contributed by atoms with Crippen LogP contribution in [-0.4, -0.2) is 29.2 Å². The number of ether oxygens (including phenoxy) is 1. The largest absolute Gasteiger partial charge is 0.376 e. The van der Waals surface area contributed by atoms with E-state index in [1.54, 1.807) is 0 Å². The van der Waals surface area contributed by atoms with Gasteiger partial charge in [0.15, 0.2) is 0 Å². The van der Waals surface area contributed by atoms with Gasteiger partial charge in [0.05, 0.1) is 6.10 Å². The van der Waals surface area contributed by atoms with Crippen LogP contribution in [0, 0.1) is 0 Å². The van der Waals surface area contributed by atoms with Crippen molar-refractivity contribution in [2.75, 3.05) is 18.5 Å². The smallest absolute Gasteiger partial charge is 0.222 e. The van der Waals surface area contributed by atoms with Crippen molar-refractivity contribution in [3.63, 3.8) is 0 Å². The van der Waals surface area contributed by atoms with Crippen LogP contribution in [0.2, 0.25) is 0 Å². The zero-order chi connectivity index (χ0) is 14.3. The molecular weight excluding hydrogens is 262 g/mol. The van der Waals surface area contributed by atoms with E-state index in [9.17, 15) is 0 Å². The van der Waals surface area contributed by atoms with Gasteiger partial charge in [-0.1, -0.05) is 42.5 Å². The summed E-state index contributed by atoms with van der Waals surface area (Å²) in [4.78, 5) is 8.65. The summed E-state index contributed by atoms with van der Waals surface area (Å²) in [5, 5.41) is 3.22. The van der Waals surface area contributed by atoms with Crippen LogP contribution >= 0.6 is 0 Å². The maximum absolute atomic E-state index is 5.56. The molecule has 1 aromatic carbocycles. The second-order valence-corrected chi connectivity index (χ2v) is 5.10. The van der Waals surface area contributed by atoms with Gasteiger partial charge >= 0.3 is 0 Å². The minimum atomic E-state index is 0.297. The van der Waals surface area contributed by atoms with Gasteiger partial charge in [-0.05, 0) is 18.4 Å². The summed E-state index contributed by atoms with van der Waals surface area (Å²) < 4.78 is 5.56. The van der Waals surface area contributed by atoms with Crippen molar-refractivity contribution in [1.82, 2.24) is 9.97 Å². The number of benzene rings is 1. The number of hydrogen-bond acceptors (Lipinski definition) is 4. The minimum Gasteiger partial charge on any atom is -0.376 e. The number of aromatic nitrogens is 2. The Morgan fingerprint density at radius 3 is 2.57 bits per heavy atom. The molecule has 4 nitrogen and oxygen atoms in total. The summed E-state index contributed by atoms with van der Waals surface area (Å²) >= 11 is 0. The van der Waals surface area contributed by atoms with Crippen LogP contribution in [0.1, 0.15) is 24.0 Å². The van der Waals surface area contributed by atoms with E-state index in [-0.39, 0.29) is 0 Å². The predicted octanol–water partition coefficient (Wildman–Crippen LogP) is 3.24. The van der Waals surface area contributed by atoms with E-state index >= 15 is 0 Å². The van der Waals surface area contributed by atoms with Gasteiger partial charge in [0, 0.05) is 31.1 Å². The first kappa shape index (κ1) is 13.8. The van der Waals surface area contributed by atoms with Crippen LogP contribution < -0.4 is 5.32 Å². The number of nitrogens with one attached hydrogen (secondary N) is 1. The van der Waals surface area contributed by atoms with Crippen molar-refractivity contribution in [2.45, 2.75) is 18.9 Å². The number of hydrogen-bond donors (Lipinski definition) is 1. The molecule has 1 aliphatic rings.